The van der Waals surface area contributed by atoms with Crippen molar-refractivity contribution in [2.75, 3.05) is 4.90 Å². The summed E-state index contributed by atoms with van der Waals surface area (Å²) in [4.78, 5) is 2.50. The van der Waals surface area contributed by atoms with Crippen molar-refractivity contribution in [3.05, 3.63) is 348 Å². The van der Waals surface area contributed by atoms with Gasteiger partial charge in [0.2, 0.25) is 0 Å². The number of aromatic nitrogens is 1. The molecule has 0 saturated heterocycles. The van der Waals surface area contributed by atoms with Crippen molar-refractivity contribution in [2.45, 2.75) is 10.8 Å². The molecule has 3 aliphatic carbocycles. The van der Waals surface area contributed by atoms with Crippen LogP contribution in [0.5, 0.6) is 0 Å². The molecule has 2 heteroatoms. The Bertz CT molecular complexity index is 4920. The Morgan fingerprint density at radius 3 is 1.30 bits per heavy atom. The minimum absolute atomic E-state index is 0.466. The average Bonchev–Trinajstić information content (AvgIpc) is 1.68. The lowest BCUT2D eigenvalue weighted by Crippen LogP contribution is -2.33. The molecule has 1 aromatic heterocycles. The molecule has 4 aliphatic rings. The lowest BCUT2D eigenvalue weighted by Gasteiger charge is -2.39. The molecule has 0 bridgehead atoms. The molecule has 0 radical (unpaired) electrons. The Hall–Kier alpha value is -10.5. The van der Waals surface area contributed by atoms with E-state index in [9.17, 15) is 0 Å². The van der Waals surface area contributed by atoms with E-state index >= 15 is 0 Å². The molecule has 0 N–H and O–H groups in total. The zero-order valence-electron chi connectivity index (χ0n) is 44.8. The van der Waals surface area contributed by atoms with Crippen molar-refractivity contribution in [2.24, 2.45) is 0 Å². The third kappa shape index (κ3) is 5.92. The van der Waals surface area contributed by atoms with E-state index in [1.54, 1.807) is 0 Å². The lowest BCUT2D eigenvalue weighted by molar-refractivity contribution is 0.749. The molecular formula is C80H50N2. The first-order chi connectivity index (χ1) is 40.7. The third-order valence-corrected chi connectivity index (χ3v) is 18.8. The Balaban J connectivity index is 0.810. The Morgan fingerprint density at radius 2 is 0.671 bits per heavy atom. The number of benzene rings is 13. The normalized spacial score (nSPS) is 15.0. The van der Waals surface area contributed by atoms with Crippen molar-refractivity contribution >= 4 is 38.9 Å². The summed E-state index contributed by atoms with van der Waals surface area (Å²) in [5.74, 6) is 0. The quantitative estimate of drug-likeness (QED) is 0.161. The predicted octanol–water partition coefficient (Wildman–Crippen LogP) is 20.3. The molecule has 2 spiro atoms. The number of anilines is 3. The van der Waals surface area contributed by atoms with E-state index in [0.717, 1.165) is 17.1 Å². The van der Waals surface area contributed by atoms with E-state index in [4.69, 9.17) is 0 Å². The monoisotopic (exact) mass is 1040 g/mol. The largest absolute Gasteiger partial charge is 0.310 e. The molecule has 1 aliphatic heterocycles. The van der Waals surface area contributed by atoms with E-state index in [1.807, 2.05) is 0 Å². The van der Waals surface area contributed by atoms with Gasteiger partial charge in [0.25, 0.3) is 0 Å². The second-order valence-corrected chi connectivity index (χ2v) is 22.6. The maximum atomic E-state index is 2.53. The molecule has 14 aromatic rings. The first kappa shape index (κ1) is 45.3. The van der Waals surface area contributed by atoms with Crippen molar-refractivity contribution in [3.63, 3.8) is 0 Å². The fourth-order valence-electron chi connectivity index (χ4n) is 15.6. The SMILES string of the molecule is c1ccc(-c2ccc(-c3ccc(N(c4ccc(-c5ccc6c(c5)C5(c7ccccc7-6)c6ccccc6-n6c7ccccc7c7cccc5c76)cc4)c4cccc5c4-c4ccccc4C54c5ccccc5-c5ccccc54)cc3)cc2)cc1. The lowest BCUT2D eigenvalue weighted by atomic mass is 9.65. The highest BCUT2D eigenvalue weighted by atomic mass is 15.1. The van der Waals surface area contributed by atoms with Crippen LogP contribution in [0.15, 0.2) is 303 Å². The molecule has 0 saturated carbocycles. The van der Waals surface area contributed by atoms with Gasteiger partial charge < -0.3 is 9.47 Å². The maximum absolute atomic E-state index is 2.53. The summed E-state index contributed by atoms with van der Waals surface area (Å²) in [6, 6.07) is 114. The maximum Gasteiger partial charge on any atom is 0.0754 e. The Labute approximate surface area is 476 Å². The van der Waals surface area contributed by atoms with E-state index in [2.05, 4.69) is 313 Å². The van der Waals surface area contributed by atoms with Gasteiger partial charge in [-0.05, 0) is 154 Å². The summed E-state index contributed by atoms with van der Waals surface area (Å²) >= 11 is 0. The summed E-state index contributed by atoms with van der Waals surface area (Å²) in [5, 5.41) is 2.57. The van der Waals surface area contributed by atoms with E-state index in [1.165, 1.54) is 139 Å². The zero-order chi connectivity index (χ0) is 53.7. The molecule has 1 unspecified atom stereocenters. The van der Waals surface area contributed by atoms with Crippen LogP contribution in [0.3, 0.4) is 0 Å². The van der Waals surface area contributed by atoms with Gasteiger partial charge >= 0.3 is 0 Å². The van der Waals surface area contributed by atoms with E-state index in [-0.39, 0.29) is 0 Å². The molecule has 18 rings (SSSR count). The minimum atomic E-state index is -0.531. The summed E-state index contributed by atoms with van der Waals surface area (Å²) < 4.78 is 2.53. The summed E-state index contributed by atoms with van der Waals surface area (Å²) in [7, 11) is 0. The van der Waals surface area contributed by atoms with Crippen molar-refractivity contribution in [1.29, 1.82) is 0 Å². The van der Waals surface area contributed by atoms with Gasteiger partial charge in [0.1, 0.15) is 0 Å². The highest BCUT2D eigenvalue weighted by Gasteiger charge is 2.53. The molecule has 1 atom stereocenters. The summed E-state index contributed by atoms with van der Waals surface area (Å²) in [6.45, 7) is 0. The first-order valence-corrected chi connectivity index (χ1v) is 28.7. The number of para-hydroxylation sites is 3. The van der Waals surface area contributed by atoms with Gasteiger partial charge in [0.15, 0.2) is 0 Å². The van der Waals surface area contributed by atoms with Crippen molar-refractivity contribution < 1.29 is 0 Å². The van der Waals surface area contributed by atoms with Gasteiger partial charge in [-0.3, -0.25) is 0 Å². The van der Waals surface area contributed by atoms with Crippen LogP contribution in [-0.4, -0.2) is 4.57 Å². The number of fused-ring (bicyclic) bond motifs is 22. The minimum Gasteiger partial charge on any atom is -0.310 e. The number of nitrogens with zero attached hydrogens (tertiary/aromatic N) is 2. The van der Waals surface area contributed by atoms with Gasteiger partial charge in [0.05, 0.1) is 33.2 Å². The summed E-state index contributed by atoms with van der Waals surface area (Å²) in [5.41, 5.74) is 31.6. The standard InChI is InChI=1S/C80H50N2/c1-2-18-51(19-3-1)52-36-38-53(39-37-52)54-40-45-57(46-41-54)81(76-35-17-31-71-77(76)65-24-7-12-29-69(65)79(71)66-26-9-4-20-59(66)60-21-5-10-27-67(60)79)58-47-42-55(43-48-58)56-44-49-62-61-22-6-11-28-68(61)80(73(62)50-56)70-30-13-15-34-75(70)82-74-33-14-8-23-63(74)64-25-16-32-72(80)78(64)82/h1-50H. The van der Waals surface area contributed by atoms with Gasteiger partial charge in [-0.25, -0.2) is 0 Å². The third-order valence-electron chi connectivity index (χ3n) is 18.8. The number of hydrogen-bond acceptors (Lipinski definition) is 1. The van der Waals surface area contributed by atoms with Crippen LogP contribution in [0, 0.1) is 0 Å². The molecule has 13 aromatic carbocycles. The molecule has 380 valence electrons. The molecule has 0 amide bonds. The molecular weight excluding hydrogens is 989 g/mol. The molecule has 82 heavy (non-hydrogen) atoms. The first-order valence-electron chi connectivity index (χ1n) is 28.7. The second kappa shape index (κ2) is 17.0. The average molecular weight is 1040 g/mol. The van der Waals surface area contributed by atoms with Gasteiger partial charge in [-0.1, -0.05) is 255 Å². The smallest absolute Gasteiger partial charge is 0.0754 e. The fourth-order valence-corrected chi connectivity index (χ4v) is 15.6. The van der Waals surface area contributed by atoms with Gasteiger partial charge in [-0.2, -0.15) is 0 Å². The Morgan fingerprint density at radius 1 is 0.256 bits per heavy atom. The fraction of sp³-hybridized carbons (Fsp3) is 0.0250. The number of hydrogen-bond donors (Lipinski definition) is 0. The Kier molecular flexibility index (Phi) is 9.39. The summed E-state index contributed by atoms with van der Waals surface area (Å²) in [6.07, 6.45) is 0. The highest BCUT2D eigenvalue weighted by Crippen LogP contribution is 2.65. The van der Waals surface area contributed by atoms with Crippen LogP contribution < -0.4 is 4.90 Å². The number of rotatable bonds is 6. The second-order valence-electron chi connectivity index (χ2n) is 22.6. The van der Waals surface area contributed by atoms with E-state index < -0.39 is 10.8 Å². The predicted molar refractivity (Wildman–Crippen MR) is 339 cm³/mol. The van der Waals surface area contributed by atoms with Crippen LogP contribution in [0.25, 0.3) is 94.3 Å². The van der Waals surface area contributed by atoms with Crippen LogP contribution in [0.2, 0.25) is 0 Å². The van der Waals surface area contributed by atoms with Crippen molar-refractivity contribution in [3.8, 4) is 72.4 Å². The van der Waals surface area contributed by atoms with Gasteiger partial charge in [0, 0.05) is 27.7 Å². The zero-order valence-corrected chi connectivity index (χ0v) is 44.8. The molecule has 2 heterocycles. The van der Waals surface area contributed by atoms with E-state index in [0.29, 0.717) is 0 Å². The highest BCUT2D eigenvalue weighted by molar-refractivity contribution is 6.13. The van der Waals surface area contributed by atoms with Crippen molar-refractivity contribution in [1.82, 2.24) is 4.57 Å². The van der Waals surface area contributed by atoms with Crippen LogP contribution >= 0.6 is 0 Å². The topological polar surface area (TPSA) is 8.17 Å². The van der Waals surface area contributed by atoms with Crippen LogP contribution in [-0.2, 0) is 10.8 Å². The van der Waals surface area contributed by atoms with Crippen LogP contribution in [0.1, 0.15) is 44.5 Å². The molecule has 0 fully saturated rings. The van der Waals surface area contributed by atoms with Gasteiger partial charge in [-0.15, -0.1) is 0 Å². The van der Waals surface area contributed by atoms with Crippen LogP contribution in [0.4, 0.5) is 17.1 Å². The molecule has 2 nitrogen and oxygen atoms in total.